The minimum absolute atomic E-state index is 0.157. The number of nitrogens with zero attached hydrogens (tertiary/aromatic N) is 1. The Balaban J connectivity index is 2.10. The van der Waals surface area contributed by atoms with Crippen LogP contribution in [0.5, 0.6) is 5.75 Å². The summed E-state index contributed by atoms with van der Waals surface area (Å²) in [6, 6.07) is 10.3. The van der Waals surface area contributed by atoms with Gasteiger partial charge in [0.1, 0.15) is 12.4 Å². The van der Waals surface area contributed by atoms with E-state index in [4.69, 9.17) is 10.5 Å². The fraction of sp³-hybridized carbons (Fsp3) is 0.389. The van der Waals surface area contributed by atoms with Crippen LogP contribution in [0.3, 0.4) is 0 Å². The Hall–Kier alpha value is -1.87. The third kappa shape index (κ3) is 4.05. The highest BCUT2D eigenvalue weighted by Gasteiger charge is 2.14. The molecule has 1 heterocycles. The van der Waals surface area contributed by atoms with Gasteiger partial charge in [0.2, 0.25) is 0 Å². The van der Waals surface area contributed by atoms with Crippen molar-refractivity contribution in [1.29, 1.82) is 0 Å². The second-order valence-electron chi connectivity index (χ2n) is 6.38. The summed E-state index contributed by atoms with van der Waals surface area (Å²) in [5, 5.41) is 0. The van der Waals surface area contributed by atoms with Crippen molar-refractivity contribution in [2.24, 2.45) is 5.73 Å². The maximum atomic E-state index is 5.92. The summed E-state index contributed by atoms with van der Waals surface area (Å²) in [6.07, 6.45) is 1.77. The normalized spacial score (nSPS) is 11.5. The van der Waals surface area contributed by atoms with Gasteiger partial charge in [-0.2, -0.15) is 0 Å². The standard InChI is InChI=1S/C18H24N2O/c1-13-9-15(18(2,3)4)5-6-17(13)21-12-14-7-8-20-16(10-14)11-19/h5-10H,11-12,19H2,1-4H3. The first-order chi connectivity index (χ1) is 9.90. The molecule has 0 radical (unpaired) electrons. The molecule has 21 heavy (non-hydrogen) atoms. The Morgan fingerprint density at radius 1 is 1.14 bits per heavy atom. The van der Waals surface area contributed by atoms with Gasteiger partial charge in [-0.3, -0.25) is 4.98 Å². The van der Waals surface area contributed by atoms with E-state index in [-0.39, 0.29) is 5.41 Å². The summed E-state index contributed by atoms with van der Waals surface area (Å²) in [4.78, 5) is 4.19. The van der Waals surface area contributed by atoms with E-state index >= 15 is 0 Å². The topological polar surface area (TPSA) is 48.1 Å². The Morgan fingerprint density at radius 3 is 2.52 bits per heavy atom. The molecule has 0 unspecified atom stereocenters. The smallest absolute Gasteiger partial charge is 0.122 e. The molecular formula is C18H24N2O. The van der Waals surface area contributed by atoms with Crippen LogP contribution in [0.4, 0.5) is 0 Å². The molecule has 0 aliphatic carbocycles. The molecule has 0 saturated carbocycles. The Bertz CT molecular complexity index is 615. The zero-order valence-electron chi connectivity index (χ0n) is 13.3. The molecule has 0 bridgehead atoms. The number of nitrogens with two attached hydrogens (primary N) is 1. The molecular weight excluding hydrogens is 260 g/mol. The molecule has 3 heteroatoms. The Kier molecular flexibility index (Phi) is 4.63. The second kappa shape index (κ2) is 6.27. The first-order valence-corrected chi connectivity index (χ1v) is 7.28. The van der Waals surface area contributed by atoms with Crippen LogP contribution in [0.25, 0.3) is 0 Å². The van der Waals surface area contributed by atoms with Crippen LogP contribution in [0.1, 0.15) is 43.2 Å². The van der Waals surface area contributed by atoms with Gasteiger partial charge < -0.3 is 10.5 Å². The van der Waals surface area contributed by atoms with Crippen LogP contribution in [-0.2, 0) is 18.6 Å². The van der Waals surface area contributed by atoms with Crippen molar-refractivity contribution in [3.05, 3.63) is 58.9 Å². The predicted octanol–water partition coefficient (Wildman–Crippen LogP) is 3.73. The average molecular weight is 284 g/mol. The van der Waals surface area contributed by atoms with Crippen molar-refractivity contribution in [3.8, 4) is 5.75 Å². The summed E-state index contributed by atoms with van der Waals surface area (Å²) in [5.41, 5.74) is 10.2. The summed E-state index contributed by atoms with van der Waals surface area (Å²) >= 11 is 0. The lowest BCUT2D eigenvalue weighted by atomic mass is 9.86. The first kappa shape index (κ1) is 15.5. The van der Waals surface area contributed by atoms with E-state index in [0.29, 0.717) is 13.2 Å². The van der Waals surface area contributed by atoms with Gasteiger partial charge in [-0.15, -0.1) is 0 Å². The maximum absolute atomic E-state index is 5.92. The number of hydrogen-bond donors (Lipinski definition) is 1. The molecule has 0 atom stereocenters. The third-order valence-electron chi connectivity index (χ3n) is 3.53. The Morgan fingerprint density at radius 2 is 1.90 bits per heavy atom. The predicted molar refractivity (Wildman–Crippen MR) is 86.3 cm³/mol. The van der Waals surface area contributed by atoms with Crippen LogP contribution in [-0.4, -0.2) is 4.98 Å². The van der Waals surface area contributed by atoms with Gasteiger partial charge in [-0.1, -0.05) is 32.9 Å². The lowest BCUT2D eigenvalue weighted by Crippen LogP contribution is -2.11. The van der Waals surface area contributed by atoms with Crippen LogP contribution < -0.4 is 10.5 Å². The quantitative estimate of drug-likeness (QED) is 0.930. The zero-order valence-corrected chi connectivity index (χ0v) is 13.3. The molecule has 2 N–H and O–H groups in total. The minimum Gasteiger partial charge on any atom is -0.489 e. The highest BCUT2D eigenvalue weighted by atomic mass is 16.5. The van der Waals surface area contributed by atoms with E-state index in [1.54, 1.807) is 6.20 Å². The van der Waals surface area contributed by atoms with Crippen molar-refractivity contribution in [2.75, 3.05) is 0 Å². The SMILES string of the molecule is Cc1cc(C(C)(C)C)ccc1OCc1ccnc(CN)c1. The van der Waals surface area contributed by atoms with Crippen LogP contribution in [0.15, 0.2) is 36.5 Å². The molecule has 2 aromatic rings. The van der Waals surface area contributed by atoms with E-state index in [9.17, 15) is 0 Å². The summed E-state index contributed by atoms with van der Waals surface area (Å²) in [7, 11) is 0. The van der Waals surface area contributed by atoms with E-state index in [1.807, 2.05) is 12.1 Å². The molecule has 1 aromatic heterocycles. The molecule has 1 aromatic carbocycles. The van der Waals surface area contributed by atoms with Gasteiger partial charge in [0.15, 0.2) is 0 Å². The highest BCUT2D eigenvalue weighted by Crippen LogP contribution is 2.27. The summed E-state index contributed by atoms with van der Waals surface area (Å²) in [5.74, 6) is 0.925. The first-order valence-electron chi connectivity index (χ1n) is 7.28. The number of pyridine rings is 1. The minimum atomic E-state index is 0.157. The van der Waals surface area contributed by atoms with Gasteiger partial charge in [0, 0.05) is 12.7 Å². The fourth-order valence-corrected chi connectivity index (χ4v) is 2.17. The van der Waals surface area contributed by atoms with Crippen molar-refractivity contribution >= 4 is 0 Å². The van der Waals surface area contributed by atoms with Crippen LogP contribution in [0, 0.1) is 6.92 Å². The molecule has 2 rings (SSSR count). The zero-order chi connectivity index (χ0) is 15.5. The lowest BCUT2D eigenvalue weighted by molar-refractivity contribution is 0.303. The van der Waals surface area contributed by atoms with Crippen molar-refractivity contribution in [2.45, 2.75) is 46.3 Å². The van der Waals surface area contributed by atoms with E-state index in [1.165, 1.54) is 5.56 Å². The van der Waals surface area contributed by atoms with Crippen molar-refractivity contribution in [3.63, 3.8) is 0 Å². The fourth-order valence-electron chi connectivity index (χ4n) is 2.17. The molecule has 3 nitrogen and oxygen atoms in total. The number of benzene rings is 1. The monoisotopic (exact) mass is 284 g/mol. The van der Waals surface area contributed by atoms with Gasteiger partial charge in [-0.25, -0.2) is 0 Å². The van der Waals surface area contributed by atoms with E-state index in [2.05, 4.69) is 50.9 Å². The maximum Gasteiger partial charge on any atom is 0.122 e. The van der Waals surface area contributed by atoms with Crippen molar-refractivity contribution < 1.29 is 4.74 Å². The largest absolute Gasteiger partial charge is 0.489 e. The number of rotatable bonds is 4. The number of ether oxygens (including phenoxy) is 1. The molecule has 0 aliphatic rings. The molecule has 0 amide bonds. The van der Waals surface area contributed by atoms with E-state index in [0.717, 1.165) is 22.6 Å². The lowest BCUT2D eigenvalue weighted by Gasteiger charge is -2.20. The van der Waals surface area contributed by atoms with Crippen LogP contribution in [0.2, 0.25) is 0 Å². The van der Waals surface area contributed by atoms with Crippen molar-refractivity contribution in [1.82, 2.24) is 4.98 Å². The van der Waals surface area contributed by atoms with E-state index < -0.39 is 0 Å². The van der Waals surface area contributed by atoms with Gasteiger partial charge in [0.05, 0.1) is 5.69 Å². The number of hydrogen-bond acceptors (Lipinski definition) is 3. The molecule has 112 valence electrons. The molecule has 0 aliphatic heterocycles. The Labute approximate surface area is 127 Å². The average Bonchev–Trinajstić information content (AvgIpc) is 2.45. The highest BCUT2D eigenvalue weighted by molar-refractivity contribution is 5.38. The van der Waals surface area contributed by atoms with Gasteiger partial charge in [-0.05, 0) is 47.2 Å². The molecule has 0 spiro atoms. The van der Waals surface area contributed by atoms with Gasteiger partial charge >= 0.3 is 0 Å². The molecule has 0 saturated heterocycles. The molecule has 0 fully saturated rings. The van der Waals surface area contributed by atoms with Crippen LogP contribution >= 0.6 is 0 Å². The number of aromatic nitrogens is 1. The number of aryl methyl sites for hydroxylation is 1. The summed E-state index contributed by atoms with van der Waals surface area (Å²) in [6.45, 7) is 9.72. The van der Waals surface area contributed by atoms with Gasteiger partial charge in [0.25, 0.3) is 0 Å². The third-order valence-corrected chi connectivity index (χ3v) is 3.53. The summed E-state index contributed by atoms with van der Waals surface area (Å²) < 4.78 is 5.92. The second-order valence-corrected chi connectivity index (χ2v) is 6.38.